The second kappa shape index (κ2) is 7.20. The molecule has 0 aliphatic carbocycles. The van der Waals surface area contributed by atoms with Gasteiger partial charge in [-0.1, -0.05) is 20.8 Å². The number of urea groups is 1. The van der Waals surface area contributed by atoms with Crippen molar-refractivity contribution in [1.82, 2.24) is 30.0 Å². The zero-order chi connectivity index (χ0) is 19.9. The fraction of sp³-hybridized carbons (Fsp3) is 0.684. The predicted molar refractivity (Wildman–Crippen MR) is 106 cm³/mol. The van der Waals surface area contributed by atoms with Gasteiger partial charge in [0.2, 0.25) is 0 Å². The molecular formula is C19H29N7O2. The number of carbonyl (C=O) groups excluding carboxylic acids is 1. The first-order valence-corrected chi connectivity index (χ1v) is 9.93. The van der Waals surface area contributed by atoms with Crippen LogP contribution in [-0.4, -0.2) is 76.2 Å². The van der Waals surface area contributed by atoms with E-state index in [0.29, 0.717) is 6.54 Å². The number of fused-ring (bicyclic) bond motifs is 1. The molecule has 0 radical (unpaired) electrons. The molecule has 1 atom stereocenters. The maximum Gasteiger partial charge on any atom is 0.317 e. The topological polar surface area (TPSA) is 87.9 Å². The lowest BCUT2D eigenvalue weighted by Crippen LogP contribution is -2.61. The zero-order valence-corrected chi connectivity index (χ0v) is 17.1. The van der Waals surface area contributed by atoms with Crippen LogP contribution < -0.4 is 10.2 Å². The monoisotopic (exact) mass is 387 g/mol. The van der Waals surface area contributed by atoms with E-state index in [0.717, 1.165) is 49.8 Å². The Morgan fingerprint density at radius 1 is 1.32 bits per heavy atom. The third-order valence-corrected chi connectivity index (χ3v) is 5.48. The summed E-state index contributed by atoms with van der Waals surface area (Å²) in [6.45, 7) is 9.20. The summed E-state index contributed by atoms with van der Waals surface area (Å²) < 4.78 is 7.38. The summed E-state index contributed by atoms with van der Waals surface area (Å²) in [4.78, 5) is 16.3. The van der Waals surface area contributed by atoms with Crippen molar-refractivity contribution in [2.75, 3.05) is 38.2 Å². The minimum atomic E-state index is -0.135. The van der Waals surface area contributed by atoms with E-state index in [9.17, 15) is 4.79 Å². The van der Waals surface area contributed by atoms with E-state index in [-0.39, 0.29) is 23.6 Å². The molecule has 4 rings (SSSR count). The molecule has 9 heteroatoms. The Bertz CT molecular complexity index is 848. The molecular weight excluding hydrogens is 358 g/mol. The first-order valence-electron chi connectivity index (χ1n) is 9.93. The van der Waals surface area contributed by atoms with E-state index in [1.807, 2.05) is 23.7 Å². The first kappa shape index (κ1) is 18.9. The standard InChI is InChI=1S/C19H29N7O2/c1-19(2,3)17-22-21-15-7-8-16(23-26(15)17)25-11-13(12-25)24(4)18(27)20-10-14-6-5-9-28-14/h7-8,13-14H,5-6,9-12H2,1-4H3,(H,20,27). The van der Waals surface area contributed by atoms with E-state index in [4.69, 9.17) is 9.84 Å². The average Bonchev–Trinajstić information content (AvgIpc) is 3.26. The smallest absolute Gasteiger partial charge is 0.317 e. The molecule has 2 aliphatic rings. The number of hydrogen-bond acceptors (Lipinski definition) is 6. The number of nitrogens with zero attached hydrogens (tertiary/aromatic N) is 6. The van der Waals surface area contributed by atoms with Gasteiger partial charge in [-0.25, -0.2) is 4.79 Å². The molecule has 0 spiro atoms. The number of carbonyl (C=O) groups is 1. The van der Waals surface area contributed by atoms with Crippen LogP contribution in [0, 0.1) is 0 Å². The summed E-state index contributed by atoms with van der Waals surface area (Å²) in [7, 11) is 1.85. The van der Waals surface area contributed by atoms with Crippen molar-refractivity contribution in [2.24, 2.45) is 0 Å². The van der Waals surface area contributed by atoms with Crippen molar-refractivity contribution in [1.29, 1.82) is 0 Å². The minimum Gasteiger partial charge on any atom is -0.376 e. The van der Waals surface area contributed by atoms with Gasteiger partial charge in [-0.05, 0) is 25.0 Å². The quantitative estimate of drug-likeness (QED) is 0.854. The van der Waals surface area contributed by atoms with E-state index < -0.39 is 0 Å². The summed E-state index contributed by atoms with van der Waals surface area (Å²) in [5, 5.41) is 16.2. The highest BCUT2D eigenvalue weighted by molar-refractivity contribution is 5.74. The van der Waals surface area contributed by atoms with Crippen LogP contribution in [0.15, 0.2) is 12.1 Å². The molecule has 2 saturated heterocycles. The summed E-state index contributed by atoms with van der Waals surface area (Å²) >= 11 is 0. The molecule has 2 fully saturated rings. The lowest BCUT2D eigenvalue weighted by molar-refractivity contribution is 0.107. The number of hydrogen-bond donors (Lipinski definition) is 1. The Kier molecular flexibility index (Phi) is 4.86. The van der Waals surface area contributed by atoms with Crippen LogP contribution in [0.1, 0.15) is 39.4 Å². The molecule has 2 aromatic rings. The van der Waals surface area contributed by atoms with Crippen molar-refractivity contribution >= 4 is 17.5 Å². The van der Waals surface area contributed by atoms with Crippen LogP contribution in [0.3, 0.4) is 0 Å². The fourth-order valence-electron chi connectivity index (χ4n) is 3.60. The highest BCUT2D eigenvalue weighted by Crippen LogP contribution is 2.24. The van der Waals surface area contributed by atoms with Crippen LogP contribution in [0.2, 0.25) is 0 Å². The number of anilines is 1. The SMILES string of the molecule is CN(C(=O)NCC1CCCO1)C1CN(c2ccc3nnc(C(C)(C)C)n3n2)C1. The summed E-state index contributed by atoms with van der Waals surface area (Å²) in [5.41, 5.74) is 0.612. The lowest BCUT2D eigenvalue weighted by atomic mass is 9.96. The molecule has 0 bridgehead atoms. The fourth-order valence-corrected chi connectivity index (χ4v) is 3.60. The second-order valence-electron chi connectivity index (χ2n) is 8.73. The molecule has 2 aromatic heterocycles. The molecule has 0 saturated carbocycles. The van der Waals surface area contributed by atoms with Crippen LogP contribution in [0.5, 0.6) is 0 Å². The molecule has 9 nitrogen and oxygen atoms in total. The van der Waals surface area contributed by atoms with Gasteiger partial charge >= 0.3 is 6.03 Å². The molecule has 152 valence electrons. The van der Waals surface area contributed by atoms with Crippen molar-refractivity contribution in [3.8, 4) is 0 Å². The third-order valence-electron chi connectivity index (χ3n) is 5.48. The molecule has 2 amide bonds. The number of nitrogens with one attached hydrogen (secondary N) is 1. The van der Waals surface area contributed by atoms with Gasteiger partial charge in [0.25, 0.3) is 0 Å². The van der Waals surface area contributed by atoms with Gasteiger partial charge in [-0.2, -0.15) is 4.52 Å². The largest absolute Gasteiger partial charge is 0.376 e. The number of rotatable bonds is 4. The van der Waals surface area contributed by atoms with Gasteiger partial charge in [-0.15, -0.1) is 15.3 Å². The van der Waals surface area contributed by atoms with E-state index >= 15 is 0 Å². The van der Waals surface area contributed by atoms with Crippen LogP contribution in [0.4, 0.5) is 10.6 Å². The molecule has 0 aromatic carbocycles. The number of aromatic nitrogens is 4. The van der Waals surface area contributed by atoms with Crippen molar-refractivity contribution in [3.63, 3.8) is 0 Å². The van der Waals surface area contributed by atoms with E-state index in [2.05, 4.69) is 41.2 Å². The van der Waals surface area contributed by atoms with Gasteiger partial charge in [0, 0.05) is 38.7 Å². The number of likely N-dealkylation sites (N-methyl/N-ethyl adjacent to an activating group) is 1. The Morgan fingerprint density at radius 3 is 2.79 bits per heavy atom. The molecule has 4 heterocycles. The maximum absolute atomic E-state index is 12.4. The minimum absolute atomic E-state index is 0.0441. The predicted octanol–water partition coefficient (Wildman–Crippen LogP) is 1.43. The van der Waals surface area contributed by atoms with Gasteiger partial charge in [0.05, 0.1) is 12.1 Å². The third kappa shape index (κ3) is 3.63. The van der Waals surface area contributed by atoms with Crippen molar-refractivity contribution < 1.29 is 9.53 Å². The molecule has 2 aliphatic heterocycles. The zero-order valence-electron chi connectivity index (χ0n) is 17.1. The summed E-state index contributed by atoms with van der Waals surface area (Å²) in [6, 6.07) is 4.03. The Balaban J connectivity index is 1.36. The Morgan fingerprint density at radius 2 is 2.11 bits per heavy atom. The molecule has 28 heavy (non-hydrogen) atoms. The van der Waals surface area contributed by atoms with Crippen LogP contribution in [-0.2, 0) is 10.2 Å². The highest BCUT2D eigenvalue weighted by Gasteiger charge is 2.34. The van der Waals surface area contributed by atoms with Crippen LogP contribution >= 0.6 is 0 Å². The Labute approximate surface area is 165 Å². The van der Waals surface area contributed by atoms with Gasteiger partial charge in [0.1, 0.15) is 5.82 Å². The first-order chi connectivity index (χ1) is 13.3. The van der Waals surface area contributed by atoms with Crippen molar-refractivity contribution in [3.05, 3.63) is 18.0 Å². The lowest BCUT2D eigenvalue weighted by Gasteiger charge is -2.44. The average molecular weight is 387 g/mol. The maximum atomic E-state index is 12.4. The van der Waals surface area contributed by atoms with E-state index in [1.54, 1.807) is 4.90 Å². The Hall–Kier alpha value is -2.42. The van der Waals surface area contributed by atoms with Gasteiger partial charge in [0.15, 0.2) is 11.5 Å². The van der Waals surface area contributed by atoms with Crippen molar-refractivity contribution in [2.45, 2.75) is 51.2 Å². The van der Waals surface area contributed by atoms with E-state index in [1.165, 1.54) is 0 Å². The highest BCUT2D eigenvalue weighted by atomic mass is 16.5. The second-order valence-corrected chi connectivity index (χ2v) is 8.73. The van der Waals surface area contributed by atoms with Crippen LogP contribution in [0.25, 0.3) is 5.65 Å². The normalized spacial score (nSPS) is 20.4. The number of ether oxygens (including phenoxy) is 1. The van der Waals surface area contributed by atoms with Gasteiger partial charge in [-0.3, -0.25) is 0 Å². The molecule has 1 N–H and O–H groups in total. The van der Waals surface area contributed by atoms with Gasteiger partial charge < -0.3 is 19.9 Å². The number of amides is 2. The summed E-state index contributed by atoms with van der Waals surface area (Å²) in [6.07, 6.45) is 2.26. The molecule has 1 unspecified atom stereocenters. The summed E-state index contributed by atoms with van der Waals surface area (Å²) in [5.74, 6) is 1.72.